The molecule has 0 spiro atoms. The van der Waals surface area contributed by atoms with E-state index in [1.165, 1.54) is 12.8 Å². The maximum atomic E-state index is 14.3. The summed E-state index contributed by atoms with van der Waals surface area (Å²) in [6.45, 7) is 9.48. The van der Waals surface area contributed by atoms with E-state index in [0.29, 0.717) is 5.92 Å². The zero-order valence-electron chi connectivity index (χ0n) is 13.0. The van der Waals surface area contributed by atoms with Gasteiger partial charge in [-0.15, -0.1) is 0 Å². The van der Waals surface area contributed by atoms with Gasteiger partial charge in [0.1, 0.15) is 5.82 Å². The van der Waals surface area contributed by atoms with Gasteiger partial charge in [-0.25, -0.2) is 4.39 Å². The van der Waals surface area contributed by atoms with Crippen LogP contribution in [0.15, 0.2) is 18.2 Å². The molecule has 0 aliphatic carbocycles. The van der Waals surface area contributed by atoms with Crippen LogP contribution >= 0.6 is 0 Å². The number of benzene rings is 1. The average Bonchev–Trinajstić information content (AvgIpc) is 2.44. The Morgan fingerprint density at radius 2 is 2.25 bits per heavy atom. The Morgan fingerprint density at radius 3 is 2.95 bits per heavy atom. The first-order valence-electron chi connectivity index (χ1n) is 7.90. The second-order valence-corrected chi connectivity index (χ2v) is 6.04. The van der Waals surface area contributed by atoms with E-state index in [0.717, 1.165) is 37.3 Å². The highest BCUT2D eigenvalue weighted by Gasteiger charge is 2.22. The molecule has 2 unspecified atom stereocenters. The highest BCUT2D eigenvalue weighted by atomic mass is 19.1. The molecule has 1 saturated heterocycles. The summed E-state index contributed by atoms with van der Waals surface area (Å²) in [6.07, 6.45) is 3.55. The number of piperidine rings is 1. The van der Waals surface area contributed by atoms with E-state index in [1.54, 1.807) is 6.07 Å². The summed E-state index contributed by atoms with van der Waals surface area (Å²) in [7, 11) is 0. The average molecular weight is 278 g/mol. The monoisotopic (exact) mass is 278 g/mol. The van der Waals surface area contributed by atoms with Crippen LogP contribution in [0.25, 0.3) is 0 Å². The molecule has 3 heteroatoms. The van der Waals surface area contributed by atoms with Gasteiger partial charge in [0, 0.05) is 30.4 Å². The number of hydrogen-bond donors (Lipinski definition) is 1. The molecule has 0 radical (unpaired) electrons. The molecule has 2 rings (SSSR count). The van der Waals surface area contributed by atoms with Crippen molar-refractivity contribution in [3.63, 3.8) is 0 Å². The lowest BCUT2D eigenvalue weighted by atomic mass is 9.97. The van der Waals surface area contributed by atoms with Crippen molar-refractivity contribution in [2.45, 2.75) is 46.1 Å². The predicted octanol–water partition coefficient (Wildman–Crippen LogP) is 4.12. The van der Waals surface area contributed by atoms with Crippen molar-refractivity contribution >= 4 is 5.69 Å². The Bertz CT molecular complexity index is 433. The normalized spacial score (nSPS) is 21.0. The standard InChI is InChI=1S/C17H27FN2/c1-4-10-19-14(3)17-15(18)8-5-9-16(17)20-11-6-7-13(2)12-20/h5,8-9,13-14,19H,4,6-7,10-12H2,1-3H3. The molecule has 0 bridgehead atoms. The summed E-state index contributed by atoms with van der Waals surface area (Å²) in [5.41, 5.74) is 1.91. The number of halogens is 1. The second-order valence-electron chi connectivity index (χ2n) is 6.04. The van der Waals surface area contributed by atoms with Gasteiger partial charge >= 0.3 is 0 Å². The Balaban J connectivity index is 2.25. The lowest BCUT2D eigenvalue weighted by Gasteiger charge is -2.35. The molecule has 1 heterocycles. The van der Waals surface area contributed by atoms with E-state index in [9.17, 15) is 4.39 Å². The quantitative estimate of drug-likeness (QED) is 0.871. The van der Waals surface area contributed by atoms with Gasteiger partial charge in [-0.1, -0.05) is 19.9 Å². The van der Waals surface area contributed by atoms with Crippen LogP contribution in [0, 0.1) is 11.7 Å². The summed E-state index contributed by atoms with van der Waals surface area (Å²) in [5.74, 6) is 0.607. The first-order valence-corrected chi connectivity index (χ1v) is 7.90. The van der Waals surface area contributed by atoms with Gasteiger partial charge in [0.25, 0.3) is 0 Å². The van der Waals surface area contributed by atoms with E-state index in [2.05, 4.69) is 37.1 Å². The second kappa shape index (κ2) is 7.07. The summed E-state index contributed by atoms with van der Waals surface area (Å²) in [4.78, 5) is 2.36. The van der Waals surface area contributed by atoms with E-state index >= 15 is 0 Å². The fraction of sp³-hybridized carbons (Fsp3) is 0.647. The molecule has 1 aliphatic rings. The molecule has 0 aromatic heterocycles. The minimum Gasteiger partial charge on any atom is -0.371 e. The van der Waals surface area contributed by atoms with Crippen LogP contribution in [0.3, 0.4) is 0 Å². The molecule has 1 aromatic carbocycles. The van der Waals surface area contributed by atoms with E-state index in [1.807, 2.05) is 6.07 Å². The molecule has 1 aromatic rings. The van der Waals surface area contributed by atoms with Crippen LogP contribution in [0.5, 0.6) is 0 Å². The van der Waals surface area contributed by atoms with E-state index in [-0.39, 0.29) is 11.9 Å². The van der Waals surface area contributed by atoms with Crippen molar-refractivity contribution in [3.05, 3.63) is 29.6 Å². The lowest BCUT2D eigenvalue weighted by molar-refractivity contribution is 0.442. The SMILES string of the molecule is CCCNC(C)c1c(F)cccc1N1CCCC(C)C1. The van der Waals surface area contributed by atoms with E-state index < -0.39 is 0 Å². The minimum atomic E-state index is -0.0863. The Kier molecular flexibility index (Phi) is 5.41. The topological polar surface area (TPSA) is 15.3 Å². The predicted molar refractivity (Wildman–Crippen MR) is 83.7 cm³/mol. The van der Waals surface area contributed by atoms with Gasteiger partial charge in [-0.2, -0.15) is 0 Å². The van der Waals surface area contributed by atoms with Crippen molar-refractivity contribution in [2.24, 2.45) is 5.92 Å². The molecule has 2 atom stereocenters. The third-order valence-electron chi connectivity index (χ3n) is 4.16. The van der Waals surface area contributed by atoms with Crippen molar-refractivity contribution in [1.82, 2.24) is 5.32 Å². The maximum absolute atomic E-state index is 14.3. The number of anilines is 1. The van der Waals surface area contributed by atoms with Crippen LogP contribution in [0.4, 0.5) is 10.1 Å². The van der Waals surface area contributed by atoms with Gasteiger partial charge in [0.05, 0.1) is 0 Å². The van der Waals surface area contributed by atoms with Crippen LogP contribution in [-0.2, 0) is 0 Å². The Labute approximate surface area is 122 Å². The molecule has 1 fully saturated rings. The van der Waals surface area contributed by atoms with Crippen molar-refractivity contribution in [1.29, 1.82) is 0 Å². The first kappa shape index (κ1) is 15.3. The van der Waals surface area contributed by atoms with Gasteiger partial charge in [-0.3, -0.25) is 0 Å². The summed E-state index contributed by atoms with van der Waals surface area (Å²) in [5, 5.41) is 3.41. The van der Waals surface area contributed by atoms with Crippen LogP contribution < -0.4 is 10.2 Å². The van der Waals surface area contributed by atoms with Gasteiger partial charge in [0.15, 0.2) is 0 Å². The fourth-order valence-corrected chi connectivity index (χ4v) is 3.10. The molecular weight excluding hydrogens is 251 g/mol. The third-order valence-corrected chi connectivity index (χ3v) is 4.16. The van der Waals surface area contributed by atoms with Crippen molar-refractivity contribution < 1.29 is 4.39 Å². The summed E-state index contributed by atoms with van der Waals surface area (Å²) >= 11 is 0. The zero-order valence-corrected chi connectivity index (χ0v) is 13.0. The Hall–Kier alpha value is -1.09. The van der Waals surface area contributed by atoms with E-state index in [4.69, 9.17) is 0 Å². The van der Waals surface area contributed by atoms with Crippen molar-refractivity contribution in [3.8, 4) is 0 Å². The van der Waals surface area contributed by atoms with Gasteiger partial charge < -0.3 is 10.2 Å². The fourth-order valence-electron chi connectivity index (χ4n) is 3.10. The Morgan fingerprint density at radius 1 is 1.45 bits per heavy atom. The molecule has 20 heavy (non-hydrogen) atoms. The van der Waals surface area contributed by atoms with Gasteiger partial charge in [0.2, 0.25) is 0 Å². The summed E-state index contributed by atoms with van der Waals surface area (Å²) < 4.78 is 14.3. The molecular formula is C17H27FN2. The highest BCUT2D eigenvalue weighted by molar-refractivity contribution is 5.56. The maximum Gasteiger partial charge on any atom is 0.130 e. The van der Waals surface area contributed by atoms with Crippen LogP contribution in [0.2, 0.25) is 0 Å². The van der Waals surface area contributed by atoms with Crippen LogP contribution in [0.1, 0.15) is 51.6 Å². The molecule has 2 nitrogen and oxygen atoms in total. The van der Waals surface area contributed by atoms with Crippen molar-refractivity contribution in [2.75, 3.05) is 24.5 Å². The number of nitrogens with one attached hydrogen (secondary N) is 1. The molecule has 0 amide bonds. The number of hydrogen-bond acceptors (Lipinski definition) is 2. The highest BCUT2D eigenvalue weighted by Crippen LogP contribution is 2.31. The lowest BCUT2D eigenvalue weighted by Crippen LogP contribution is -2.36. The smallest absolute Gasteiger partial charge is 0.130 e. The molecule has 112 valence electrons. The minimum absolute atomic E-state index is 0.0587. The molecule has 1 aliphatic heterocycles. The number of nitrogens with zero attached hydrogens (tertiary/aromatic N) is 1. The summed E-state index contributed by atoms with van der Waals surface area (Å²) in [6, 6.07) is 5.54. The first-order chi connectivity index (χ1) is 9.63. The molecule has 0 saturated carbocycles. The largest absolute Gasteiger partial charge is 0.371 e. The zero-order chi connectivity index (χ0) is 14.5. The third kappa shape index (κ3) is 3.51. The van der Waals surface area contributed by atoms with Gasteiger partial charge in [-0.05, 0) is 50.8 Å². The number of rotatable bonds is 5. The van der Waals surface area contributed by atoms with Crippen LogP contribution in [-0.4, -0.2) is 19.6 Å². The molecule has 1 N–H and O–H groups in total.